The lowest BCUT2D eigenvalue weighted by Gasteiger charge is -2.25. The number of carbonyl (C=O) groups excluding carboxylic acids is 1. The van der Waals surface area contributed by atoms with Gasteiger partial charge in [-0.25, -0.2) is 8.42 Å². The predicted octanol–water partition coefficient (Wildman–Crippen LogP) is 2.46. The molecule has 0 aliphatic rings. The Kier molecular flexibility index (Phi) is 8.23. The third-order valence-corrected chi connectivity index (χ3v) is 5.84. The maximum absolute atomic E-state index is 13.1. The number of sulfonamides is 1. The number of carbonyl (C=O) groups is 1. The van der Waals surface area contributed by atoms with Gasteiger partial charge in [-0.15, -0.1) is 6.42 Å². The fourth-order valence-electron chi connectivity index (χ4n) is 2.56. The van der Waals surface area contributed by atoms with Gasteiger partial charge in [-0.3, -0.25) is 4.79 Å². The second-order valence-corrected chi connectivity index (χ2v) is 8.91. The molecule has 0 bridgehead atoms. The molecule has 0 aromatic heterocycles. The normalized spacial score (nSPS) is 11.3. The number of hydrogen-bond donors (Lipinski definition) is 1. The topological polar surface area (TPSA) is 69.7 Å². The lowest BCUT2D eigenvalue weighted by molar-refractivity contribution is 0.0732. The average Bonchev–Trinajstić information content (AvgIpc) is 2.70. The molecular formula is C21H24ClN3O3S. The summed E-state index contributed by atoms with van der Waals surface area (Å²) >= 11 is 5.94. The van der Waals surface area contributed by atoms with Gasteiger partial charge in [0.1, 0.15) is 0 Å². The summed E-state index contributed by atoms with van der Waals surface area (Å²) in [5, 5.41) is 0.634. The maximum Gasteiger partial charge on any atom is 0.254 e. The number of halogens is 1. The molecule has 0 heterocycles. The van der Waals surface area contributed by atoms with Crippen molar-refractivity contribution in [3.05, 3.63) is 64.7 Å². The molecule has 2 aromatic rings. The standard InChI is InChI=1S/C21H24ClN3O3S/c1-4-13-23-29(27,28)20-11-7-18(8-12-20)21(26)25(15-14-24(2)3)16-17-5-9-19(22)10-6-17/h1,5-12,23H,13-16H2,2-3H3. The summed E-state index contributed by atoms with van der Waals surface area (Å²) < 4.78 is 26.6. The van der Waals surface area contributed by atoms with Gasteiger partial charge in [-0.1, -0.05) is 29.7 Å². The van der Waals surface area contributed by atoms with Gasteiger partial charge in [-0.05, 0) is 56.1 Å². The molecule has 0 saturated carbocycles. The molecule has 0 unspecified atom stereocenters. The molecule has 0 radical (unpaired) electrons. The van der Waals surface area contributed by atoms with E-state index in [0.717, 1.165) is 5.56 Å². The number of nitrogens with one attached hydrogen (secondary N) is 1. The van der Waals surface area contributed by atoms with Gasteiger partial charge in [0, 0.05) is 30.2 Å². The molecule has 0 fully saturated rings. The van der Waals surface area contributed by atoms with Crippen molar-refractivity contribution >= 4 is 27.5 Å². The third kappa shape index (κ3) is 6.87. The second kappa shape index (κ2) is 10.4. The molecule has 1 N–H and O–H groups in total. The molecule has 6 nitrogen and oxygen atoms in total. The van der Waals surface area contributed by atoms with Gasteiger partial charge in [0.2, 0.25) is 10.0 Å². The van der Waals surface area contributed by atoms with Crippen LogP contribution in [0.2, 0.25) is 5.02 Å². The zero-order valence-corrected chi connectivity index (χ0v) is 18.0. The van der Waals surface area contributed by atoms with E-state index in [1.807, 2.05) is 31.1 Å². The largest absolute Gasteiger partial charge is 0.333 e. The summed E-state index contributed by atoms with van der Waals surface area (Å²) in [6.45, 7) is 1.55. The van der Waals surface area contributed by atoms with Crippen molar-refractivity contribution < 1.29 is 13.2 Å². The minimum absolute atomic E-state index is 0.0573. The molecule has 0 aliphatic heterocycles. The van der Waals surface area contributed by atoms with E-state index >= 15 is 0 Å². The summed E-state index contributed by atoms with van der Waals surface area (Å²) in [5.41, 5.74) is 1.37. The monoisotopic (exact) mass is 433 g/mol. The SMILES string of the molecule is C#CCNS(=O)(=O)c1ccc(C(=O)N(CCN(C)C)Cc2ccc(Cl)cc2)cc1. The Morgan fingerprint density at radius 1 is 1.07 bits per heavy atom. The Morgan fingerprint density at radius 3 is 2.24 bits per heavy atom. The lowest BCUT2D eigenvalue weighted by atomic mass is 10.1. The number of rotatable bonds is 9. The first-order valence-electron chi connectivity index (χ1n) is 8.94. The summed E-state index contributed by atoms with van der Waals surface area (Å²) in [7, 11) is 0.181. The molecular weight excluding hydrogens is 410 g/mol. The first-order valence-corrected chi connectivity index (χ1v) is 10.8. The quantitative estimate of drug-likeness (QED) is 0.617. The van der Waals surface area contributed by atoms with Crippen LogP contribution >= 0.6 is 11.6 Å². The summed E-state index contributed by atoms with van der Waals surface area (Å²) in [5.74, 6) is 2.05. The van der Waals surface area contributed by atoms with Crippen molar-refractivity contribution in [3.8, 4) is 12.3 Å². The Hall–Kier alpha value is -2.37. The summed E-state index contributed by atoms with van der Waals surface area (Å²) in [6, 6.07) is 13.2. The maximum atomic E-state index is 13.1. The fourth-order valence-corrected chi connectivity index (χ4v) is 3.62. The van der Waals surface area contributed by atoms with Gasteiger partial charge in [0.25, 0.3) is 5.91 Å². The van der Waals surface area contributed by atoms with E-state index in [2.05, 4.69) is 10.6 Å². The Labute approximate surface area is 177 Å². The first kappa shape index (κ1) is 22.9. The zero-order chi connectivity index (χ0) is 21.4. The third-order valence-electron chi connectivity index (χ3n) is 4.17. The van der Waals surface area contributed by atoms with E-state index in [4.69, 9.17) is 18.0 Å². The molecule has 2 rings (SSSR count). The molecule has 2 aromatic carbocycles. The number of benzene rings is 2. The molecule has 0 atom stereocenters. The van der Waals surface area contributed by atoms with Crippen molar-refractivity contribution in [1.29, 1.82) is 0 Å². The van der Waals surface area contributed by atoms with Gasteiger partial charge >= 0.3 is 0 Å². The number of hydrogen-bond acceptors (Lipinski definition) is 4. The van der Waals surface area contributed by atoms with Gasteiger partial charge in [0.05, 0.1) is 11.4 Å². The van der Waals surface area contributed by atoms with Crippen LogP contribution in [0.4, 0.5) is 0 Å². The van der Waals surface area contributed by atoms with Crippen LogP contribution in [-0.4, -0.2) is 57.9 Å². The van der Waals surface area contributed by atoms with E-state index in [-0.39, 0.29) is 17.3 Å². The highest BCUT2D eigenvalue weighted by Crippen LogP contribution is 2.16. The molecule has 0 aliphatic carbocycles. The fraction of sp³-hybridized carbons (Fsp3) is 0.286. The van der Waals surface area contributed by atoms with Crippen LogP contribution in [-0.2, 0) is 16.6 Å². The van der Waals surface area contributed by atoms with Crippen molar-refractivity contribution in [1.82, 2.24) is 14.5 Å². The first-order chi connectivity index (χ1) is 13.7. The summed E-state index contributed by atoms with van der Waals surface area (Å²) in [6.07, 6.45) is 5.09. The van der Waals surface area contributed by atoms with Crippen LogP contribution in [0.1, 0.15) is 15.9 Å². The molecule has 1 amide bonds. The Bertz CT molecular complexity index is 966. The van der Waals surface area contributed by atoms with Gasteiger partial charge in [0.15, 0.2) is 0 Å². The highest BCUT2D eigenvalue weighted by Gasteiger charge is 2.18. The van der Waals surface area contributed by atoms with Gasteiger partial charge in [-0.2, -0.15) is 4.72 Å². The van der Waals surface area contributed by atoms with E-state index in [0.29, 0.717) is 30.2 Å². The Balaban J connectivity index is 2.21. The minimum Gasteiger partial charge on any atom is -0.333 e. The number of terminal acetylenes is 1. The van der Waals surface area contributed by atoms with E-state index in [9.17, 15) is 13.2 Å². The molecule has 29 heavy (non-hydrogen) atoms. The van der Waals surface area contributed by atoms with Crippen LogP contribution in [0.5, 0.6) is 0 Å². The zero-order valence-electron chi connectivity index (χ0n) is 16.4. The van der Waals surface area contributed by atoms with E-state index in [1.165, 1.54) is 24.3 Å². The van der Waals surface area contributed by atoms with Crippen LogP contribution in [0, 0.1) is 12.3 Å². The highest BCUT2D eigenvalue weighted by molar-refractivity contribution is 7.89. The van der Waals surface area contributed by atoms with Crippen molar-refractivity contribution in [2.24, 2.45) is 0 Å². The highest BCUT2D eigenvalue weighted by atomic mass is 35.5. The van der Waals surface area contributed by atoms with E-state index in [1.54, 1.807) is 17.0 Å². The smallest absolute Gasteiger partial charge is 0.254 e. The van der Waals surface area contributed by atoms with Crippen molar-refractivity contribution in [2.45, 2.75) is 11.4 Å². The minimum atomic E-state index is -3.70. The van der Waals surface area contributed by atoms with Crippen LogP contribution in [0.15, 0.2) is 53.4 Å². The number of likely N-dealkylation sites (N-methyl/N-ethyl adjacent to an activating group) is 1. The number of amides is 1. The molecule has 0 saturated heterocycles. The lowest BCUT2D eigenvalue weighted by Crippen LogP contribution is -2.36. The second-order valence-electron chi connectivity index (χ2n) is 6.71. The van der Waals surface area contributed by atoms with Crippen LogP contribution in [0.3, 0.4) is 0 Å². The van der Waals surface area contributed by atoms with Gasteiger partial charge < -0.3 is 9.80 Å². The average molecular weight is 434 g/mol. The van der Waals surface area contributed by atoms with E-state index < -0.39 is 10.0 Å². The van der Waals surface area contributed by atoms with Crippen LogP contribution in [0.25, 0.3) is 0 Å². The number of nitrogens with zero attached hydrogens (tertiary/aromatic N) is 2. The van der Waals surface area contributed by atoms with Crippen molar-refractivity contribution in [2.75, 3.05) is 33.7 Å². The predicted molar refractivity (Wildman–Crippen MR) is 115 cm³/mol. The van der Waals surface area contributed by atoms with Crippen molar-refractivity contribution in [3.63, 3.8) is 0 Å². The molecule has 0 spiro atoms. The molecule has 8 heteroatoms. The molecule has 154 valence electrons. The summed E-state index contributed by atoms with van der Waals surface area (Å²) in [4.78, 5) is 16.8. The Morgan fingerprint density at radius 2 is 1.69 bits per heavy atom. The van der Waals surface area contributed by atoms with Crippen LogP contribution < -0.4 is 4.72 Å².